The maximum Gasteiger partial charge on any atom is 0.325 e. The van der Waals surface area contributed by atoms with Crippen molar-refractivity contribution in [3.63, 3.8) is 0 Å². The fourth-order valence-electron chi connectivity index (χ4n) is 6.20. The van der Waals surface area contributed by atoms with E-state index >= 15 is 0 Å². The molecule has 4 fully saturated rings. The van der Waals surface area contributed by atoms with Crippen molar-refractivity contribution in [1.82, 2.24) is 40.0 Å². The second-order valence-electron chi connectivity index (χ2n) is 11.0. The van der Waals surface area contributed by atoms with Crippen molar-refractivity contribution in [3.8, 4) is 0 Å². The predicted octanol–water partition coefficient (Wildman–Crippen LogP) is -2.62. The largest absolute Gasteiger partial charge is 0.378 e. The Labute approximate surface area is 231 Å². The van der Waals surface area contributed by atoms with E-state index in [0.717, 1.165) is 0 Å². The first kappa shape index (κ1) is 26.6. The van der Waals surface area contributed by atoms with E-state index in [0.29, 0.717) is 77.6 Å². The van der Waals surface area contributed by atoms with Crippen LogP contribution >= 0.6 is 0 Å². The normalized spacial score (nSPS) is 31.6. The summed E-state index contributed by atoms with van der Waals surface area (Å²) in [5, 5.41) is 4.91. The molecule has 6 aliphatic heterocycles. The van der Waals surface area contributed by atoms with Gasteiger partial charge in [-0.2, -0.15) is 0 Å². The standard InChI is InChI=1S/C24H36N10O6/c1-14(12-33-15-17(29(2)23(37)27-19(15)35)25-21(33)31-4-8-39-9-5-31)13-34-16-18(30(3)24(38)28-20(16)36)26-22(34)32-6-10-40-11-7-32/h14-18H,4-13H2,1-3H3,(H,27,35,37)(H,28,36,38). The summed E-state index contributed by atoms with van der Waals surface area (Å²) in [6, 6.07) is -2.27. The first-order chi connectivity index (χ1) is 19.2. The van der Waals surface area contributed by atoms with Gasteiger partial charge in [0.15, 0.2) is 36.3 Å². The number of carbonyl (C=O) groups excluding carboxylic acids is 4. The molecule has 6 heterocycles. The van der Waals surface area contributed by atoms with Gasteiger partial charge < -0.3 is 38.9 Å². The Morgan fingerprint density at radius 3 is 1.48 bits per heavy atom. The van der Waals surface area contributed by atoms with Crippen LogP contribution in [0.2, 0.25) is 0 Å². The molecule has 6 aliphatic rings. The smallest absolute Gasteiger partial charge is 0.325 e. The lowest BCUT2D eigenvalue weighted by Crippen LogP contribution is -2.66. The molecule has 2 N–H and O–H groups in total. The summed E-state index contributed by atoms with van der Waals surface area (Å²) in [4.78, 5) is 71.7. The molecule has 4 atom stereocenters. The Morgan fingerprint density at radius 2 is 1.10 bits per heavy atom. The van der Waals surface area contributed by atoms with Crippen molar-refractivity contribution in [2.75, 3.05) is 79.8 Å². The number of guanidine groups is 2. The quantitative estimate of drug-likeness (QED) is 0.374. The Morgan fingerprint density at radius 1 is 0.725 bits per heavy atom. The monoisotopic (exact) mass is 560 g/mol. The molecule has 0 aromatic carbocycles. The van der Waals surface area contributed by atoms with E-state index in [2.05, 4.69) is 27.4 Å². The van der Waals surface area contributed by atoms with Gasteiger partial charge in [-0.1, -0.05) is 6.92 Å². The lowest BCUT2D eigenvalue weighted by molar-refractivity contribution is -0.127. The zero-order valence-corrected chi connectivity index (χ0v) is 23.0. The maximum atomic E-state index is 13.1. The van der Waals surface area contributed by atoms with E-state index in [-0.39, 0.29) is 17.7 Å². The zero-order valence-electron chi connectivity index (χ0n) is 23.0. The number of hydrogen-bond acceptors (Lipinski definition) is 12. The van der Waals surface area contributed by atoms with Crippen LogP contribution in [0.3, 0.4) is 0 Å². The molecule has 0 aromatic rings. The molecule has 0 aliphatic carbocycles. The van der Waals surface area contributed by atoms with Crippen LogP contribution in [0.1, 0.15) is 6.92 Å². The molecular formula is C24H36N10O6. The SMILES string of the molecule is CC(CN1C(N2CCOCC2)=NC2C1C(=O)NC(=O)N2C)CN1C(N2CCOCC2)=NC2C1C(=O)NC(=O)N2C. The number of likely N-dealkylation sites (N-methyl/N-ethyl adjacent to an activating group) is 2. The number of fused-ring (bicyclic) bond motifs is 2. The van der Waals surface area contributed by atoms with Crippen molar-refractivity contribution in [3.05, 3.63) is 0 Å². The molecule has 0 spiro atoms. The minimum atomic E-state index is -0.663. The number of nitrogens with one attached hydrogen (secondary N) is 2. The summed E-state index contributed by atoms with van der Waals surface area (Å²) in [6.07, 6.45) is -1.26. The number of nitrogens with zero attached hydrogens (tertiary/aromatic N) is 8. The number of ether oxygens (including phenoxy) is 2. The minimum absolute atomic E-state index is 0.0542. The van der Waals surface area contributed by atoms with Gasteiger partial charge in [0, 0.05) is 53.4 Å². The van der Waals surface area contributed by atoms with E-state index in [1.165, 1.54) is 9.80 Å². The van der Waals surface area contributed by atoms with Gasteiger partial charge in [0.2, 0.25) is 0 Å². The second-order valence-corrected chi connectivity index (χ2v) is 11.0. The van der Waals surface area contributed by atoms with E-state index in [1.807, 2.05) is 9.80 Å². The second kappa shape index (κ2) is 10.4. The molecule has 218 valence electrons. The molecule has 0 bridgehead atoms. The average Bonchev–Trinajstić information content (AvgIpc) is 3.51. The molecule has 4 saturated heterocycles. The van der Waals surface area contributed by atoms with Crippen LogP contribution in [0, 0.1) is 5.92 Å². The number of carbonyl (C=O) groups is 4. The highest BCUT2D eigenvalue weighted by Crippen LogP contribution is 2.30. The molecule has 0 aromatic heterocycles. The van der Waals surface area contributed by atoms with Crippen molar-refractivity contribution in [2.45, 2.75) is 31.3 Å². The molecule has 4 unspecified atom stereocenters. The van der Waals surface area contributed by atoms with Gasteiger partial charge in [-0.15, -0.1) is 0 Å². The van der Waals surface area contributed by atoms with Gasteiger partial charge in [0.1, 0.15) is 0 Å². The third-order valence-corrected chi connectivity index (χ3v) is 8.28. The summed E-state index contributed by atoms with van der Waals surface area (Å²) < 4.78 is 11.1. The Hall–Kier alpha value is -3.66. The lowest BCUT2D eigenvalue weighted by atomic mass is 10.0. The molecule has 40 heavy (non-hydrogen) atoms. The number of rotatable bonds is 4. The van der Waals surface area contributed by atoms with Crippen LogP contribution in [-0.4, -0.2) is 169 Å². The van der Waals surface area contributed by atoms with Crippen molar-refractivity contribution >= 4 is 35.8 Å². The number of aliphatic imine (C=N–C) groups is 2. The number of hydrogen-bond donors (Lipinski definition) is 2. The van der Waals surface area contributed by atoms with Gasteiger partial charge in [0.05, 0.1) is 26.4 Å². The fourth-order valence-corrected chi connectivity index (χ4v) is 6.20. The first-order valence-electron chi connectivity index (χ1n) is 13.7. The Kier molecular flexibility index (Phi) is 6.90. The van der Waals surface area contributed by atoms with Crippen LogP contribution in [-0.2, 0) is 19.1 Å². The van der Waals surface area contributed by atoms with Crippen LogP contribution in [0.15, 0.2) is 9.98 Å². The number of morpholine rings is 2. The molecule has 0 saturated carbocycles. The maximum absolute atomic E-state index is 13.1. The third kappa shape index (κ3) is 4.48. The Balaban J connectivity index is 1.25. The minimum Gasteiger partial charge on any atom is -0.378 e. The third-order valence-electron chi connectivity index (χ3n) is 8.28. The van der Waals surface area contributed by atoms with Crippen LogP contribution in [0.25, 0.3) is 0 Å². The van der Waals surface area contributed by atoms with Crippen molar-refractivity contribution < 1.29 is 28.7 Å². The molecule has 6 amide bonds. The highest BCUT2D eigenvalue weighted by atomic mass is 16.5. The molecular weight excluding hydrogens is 524 g/mol. The average molecular weight is 561 g/mol. The van der Waals surface area contributed by atoms with Gasteiger partial charge in [0.25, 0.3) is 11.8 Å². The Bertz CT molecular complexity index is 1050. The fraction of sp³-hybridized carbons (Fsp3) is 0.750. The van der Waals surface area contributed by atoms with Crippen LogP contribution < -0.4 is 10.6 Å². The summed E-state index contributed by atoms with van der Waals surface area (Å²) >= 11 is 0. The zero-order chi connectivity index (χ0) is 28.1. The summed E-state index contributed by atoms with van der Waals surface area (Å²) in [5.74, 6) is 0.529. The number of urea groups is 2. The molecule has 16 nitrogen and oxygen atoms in total. The molecule has 16 heteroatoms. The number of imide groups is 2. The van der Waals surface area contributed by atoms with Crippen molar-refractivity contribution in [1.29, 1.82) is 0 Å². The van der Waals surface area contributed by atoms with Gasteiger partial charge in [-0.25, -0.2) is 19.6 Å². The summed E-state index contributed by atoms with van der Waals surface area (Å²) in [6.45, 7) is 7.69. The van der Waals surface area contributed by atoms with E-state index in [9.17, 15) is 19.2 Å². The van der Waals surface area contributed by atoms with E-state index in [1.54, 1.807) is 14.1 Å². The highest BCUT2D eigenvalue weighted by molar-refractivity contribution is 6.04. The number of amides is 6. The lowest BCUT2D eigenvalue weighted by Gasteiger charge is -2.42. The molecule has 0 radical (unpaired) electrons. The van der Waals surface area contributed by atoms with E-state index in [4.69, 9.17) is 19.5 Å². The van der Waals surface area contributed by atoms with Gasteiger partial charge in [-0.3, -0.25) is 20.2 Å². The van der Waals surface area contributed by atoms with Crippen LogP contribution in [0.4, 0.5) is 9.59 Å². The van der Waals surface area contributed by atoms with Gasteiger partial charge in [-0.05, 0) is 5.92 Å². The molecule has 6 rings (SSSR count). The van der Waals surface area contributed by atoms with Gasteiger partial charge >= 0.3 is 12.1 Å². The first-order valence-corrected chi connectivity index (χ1v) is 13.7. The van der Waals surface area contributed by atoms with Crippen LogP contribution in [0.5, 0.6) is 0 Å². The summed E-state index contributed by atoms with van der Waals surface area (Å²) in [7, 11) is 3.28. The summed E-state index contributed by atoms with van der Waals surface area (Å²) in [5.41, 5.74) is 0. The van der Waals surface area contributed by atoms with E-state index < -0.39 is 36.5 Å². The highest BCUT2D eigenvalue weighted by Gasteiger charge is 2.52. The topological polar surface area (TPSA) is 155 Å². The predicted molar refractivity (Wildman–Crippen MR) is 140 cm³/mol. The van der Waals surface area contributed by atoms with Crippen molar-refractivity contribution in [2.24, 2.45) is 15.9 Å².